The van der Waals surface area contributed by atoms with Gasteiger partial charge in [0.15, 0.2) is 0 Å². The van der Waals surface area contributed by atoms with Crippen LogP contribution in [0.2, 0.25) is 0 Å². The molecule has 0 aromatic heterocycles. The van der Waals surface area contributed by atoms with Crippen LogP contribution < -0.4 is 10.8 Å². The zero-order valence-corrected chi connectivity index (χ0v) is 14.4. The first-order valence-corrected chi connectivity index (χ1v) is 7.92. The standard InChI is InChI=1S/C17H26BNO3/c1-7-10-19-15(20)13-9-8-12(2)14(11-13)18-21-16(3,4)17(5,6)22-18/h8-9,11H,7,10H2,1-6H3,(H,19,20). The van der Waals surface area contributed by atoms with Crippen molar-refractivity contribution in [2.45, 2.75) is 59.2 Å². The maximum absolute atomic E-state index is 12.1. The van der Waals surface area contributed by atoms with Crippen LogP contribution in [0.25, 0.3) is 0 Å². The van der Waals surface area contributed by atoms with Crippen molar-refractivity contribution < 1.29 is 14.1 Å². The molecule has 0 aliphatic carbocycles. The molecule has 4 nitrogen and oxygen atoms in total. The molecule has 0 spiro atoms. The minimum absolute atomic E-state index is 0.0559. The molecule has 1 saturated heterocycles. The first-order chi connectivity index (χ1) is 10.2. The lowest BCUT2D eigenvalue weighted by molar-refractivity contribution is 0.00578. The molecule has 0 atom stereocenters. The predicted octanol–water partition coefficient (Wildman–Crippen LogP) is 2.43. The van der Waals surface area contributed by atoms with Crippen LogP contribution in [0.4, 0.5) is 0 Å². The number of rotatable bonds is 4. The first-order valence-electron chi connectivity index (χ1n) is 7.92. The molecule has 0 saturated carbocycles. The van der Waals surface area contributed by atoms with Crippen LogP contribution in [0.1, 0.15) is 57.0 Å². The van der Waals surface area contributed by atoms with Crippen molar-refractivity contribution in [3.05, 3.63) is 29.3 Å². The van der Waals surface area contributed by atoms with E-state index in [1.807, 2.05) is 59.7 Å². The van der Waals surface area contributed by atoms with Gasteiger partial charge in [0.2, 0.25) is 0 Å². The second-order valence-electron chi connectivity index (χ2n) is 6.92. The SMILES string of the molecule is CCCNC(=O)c1ccc(C)c(B2OC(C)(C)C(C)(C)O2)c1. The van der Waals surface area contributed by atoms with E-state index < -0.39 is 7.12 Å². The fourth-order valence-corrected chi connectivity index (χ4v) is 2.35. The monoisotopic (exact) mass is 303 g/mol. The lowest BCUT2D eigenvalue weighted by Gasteiger charge is -2.32. The number of carbonyl (C=O) groups excluding carboxylic acids is 1. The molecule has 1 N–H and O–H groups in total. The third-order valence-electron chi connectivity index (χ3n) is 4.58. The fraction of sp³-hybridized carbons (Fsp3) is 0.588. The molecule has 0 radical (unpaired) electrons. The molecule has 22 heavy (non-hydrogen) atoms. The van der Waals surface area contributed by atoms with Crippen LogP contribution in [0.5, 0.6) is 0 Å². The smallest absolute Gasteiger partial charge is 0.399 e. The zero-order valence-electron chi connectivity index (χ0n) is 14.4. The Morgan fingerprint density at radius 2 is 1.77 bits per heavy atom. The molecule has 5 heteroatoms. The van der Waals surface area contributed by atoms with Crippen molar-refractivity contribution in [1.82, 2.24) is 5.32 Å². The molecule has 1 fully saturated rings. The Kier molecular flexibility index (Phi) is 4.69. The van der Waals surface area contributed by atoms with Gasteiger partial charge in [-0.1, -0.05) is 18.6 Å². The average Bonchev–Trinajstić information content (AvgIpc) is 2.65. The lowest BCUT2D eigenvalue weighted by atomic mass is 9.75. The summed E-state index contributed by atoms with van der Waals surface area (Å²) in [7, 11) is -0.441. The van der Waals surface area contributed by atoms with Gasteiger partial charge in [0.05, 0.1) is 11.2 Å². The van der Waals surface area contributed by atoms with Gasteiger partial charge in [-0.05, 0) is 58.6 Å². The number of hydrogen-bond acceptors (Lipinski definition) is 3. The second-order valence-corrected chi connectivity index (χ2v) is 6.92. The molecule has 1 aliphatic heterocycles. The Morgan fingerprint density at radius 3 is 2.32 bits per heavy atom. The van der Waals surface area contributed by atoms with Crippen LogP contribution in [0.3, 0.4) is 0 Å². The third kappa shape index (κ3) is 3.20. The van der Waals surface area contributed by atoms with Gasteiger partial charge >= 0.3 is 7.12 Å². The molecular weight excluding hydrogens is 277 g/mol. The Balaban J connectivity index is 2.27. The maximum Gasteiger partial charge on any atom is 0.495 e. The predicted molar refractivity (Wildman–Crippen MR) is 89.5 cm³/mol. The van der Waals surface area contributed by atoms with Gasteiger partial charge in [-0.15, -0.1) is 0 Å². The maximum atomic E-state index is 12.1. The molecule has 1 aliphatic rings. The summed E-state index contributed by atoms with van der Waals surface area (Å²) in [6.07, 6.45) is 0.918. The summed E-state index contributed by atoms with van der Waals surface area (Å²) < 4.78 is 12.2. The van der Waals surface area contributed by atoms with Crippen molar-refractivity contribution in [2.75, 3.05) is 6.54 Å². The third-order valence-corrected chi connectivity index (χ3v) is 4.58. The molecule has 2 rings (SSSR count). The van der Waals surface area contributed by atoms with Crippen molar-refractivity contribution >= 4 is 18.5 Å². The van der Waals surface area contributed by atoms with Crippen LogP contribution in [0, 0.1) is 6.92 Å². The highest BCUT2D eigenvalue weighted by Gasteiger charge is 2.52. The highest BCUT2D eigenvalue weighted by Crippen LogP contribution is 2.36. The van der Waals surface area contributed by atoms with Gasteiger partial charge in [0.25, 0.3) is 5.91 Å². The van der Waals surface area contributed by atoms with Crippen LogP contribution in [0.15, 0.2) is 18.2 Å². The Morgan fingerprint density at radius 1 is 1.18 bits per heavy atom. The van der Waals surface area contributed by atoms with Crippen LogP contribution >= 0.6 is 0 Å². The number of amides is 1. The van der Waals surface area contributed by atoms with E-state index in [0.29, 0.717) is 12.1 Å². The second kappa shape index (κ2) is 6.05. The van der Waals surface area contributed by atoms with E-state index in [4.69, 9.17) is 9.31 Å². The number of nitrogens with one attached hydrogen (secondary N) is 1. The Bertz CT molecular complexity index is 553. The molecule has 0 bridgehead atoms. The normalized spacial score (nSPS) is 19.3. The van der Waals surface area contributed by atoms with Crippen molar-refractivity contribution in [1.29, 1.82) is 0 Å². The summed E-state index contributed by atoms with van der Waals surface area (Å²) in [4.78, 5) is 12.1. The van der Waals surface area contributed by atoms with Crippen LogP contribution in [-0.4, -0.2) is 30.8 Å². The van der Waals surface area contributed by atoms with E-state index in [2.05, 4.69) is 5.32 Å². The summed E-state index contributed by atoms with van der Waals surface area (Å²) in [6.45, 7) is 12.8. The van der Waals surface area contributed by atoms with Gasteiger partial charge in [-0.25, -0.2) is 0 Å². The lowest BCUT2D eigenvalue weighted by Crippen LogP contribution is -2.41. The van der Waals surface area contributed by atoms with Gasteiger partial charge in [-0.2, -0.15) is 0 Å². The minimum atomic E-state index is -0.441. The average molecular weight is 303 g/mol. The summed E-state index contributed by atoms with van der Waals surface area (Å²) >= 11 is 0. The van der Waals surface area contributed by atoms with Crippen LogP contribution in [-0.2, 0) is 9.31 Å². The molecular formula is C17H26BNO3. The van der Waals surface area contributed by atoms with Crippen molar-refractivity contribution in [2.24, 2.45) is 0 Å². The quantitative estimate of drug-likeness (QED) is 0.869. The number of aryl methyl sites for hydroxylation is 1. The summed E-state index contributed by atoms with van der Waals surface area (Å²) in [5.41, 5.74) is 1.85. The van der Waals surface area contributed by atoms with E-state index in [0.717, 1.165) is 17.4 Å². The Labute approximate surface area is 133 Å². The van der Waals surface area contributed by atoms with E-state index in [1.165, 1.54) is 0 Å². The highest BCUT2D eigenvalue weighted by molar-refractivity contribution is 6.62. The largest absolute Gasteiger partial charge is 0.495 e. The van der Waals surface area contributed by atoms with E-state index in [1.54, 1.807) is 0 Å². The van der Waals surface area contributed by atoms with Gasteiger partial charge in [0.1, 0.15) is 0 Å². The van der Waals surface area contributed by atoms with E-state index in [9.17, 15) is 4.79 Å². The van der Waals surface area contributed by atoms with Gasteiger partial charge in [-0.3, -0.25) is 4.79 Å². The molecule has 1 aromatic carbocycles. The Hall–Kier alpha value is -1.33. The van der Waals surface area contributed by atoms with Gasteiger partial charge in [0, 0.05) is 12.1 Å². The molecule has 1 amide bonds. The zero-order chi connectivity index (χ0) is 16.5. The van der Waals surface area contributed by atoms with Crippen molar-refractivity contribution in [3.63, 3.8) is 0 Å². The number of benzene rings is 1. The minimum Gasteiger partial charge on any atom is -0.399 e. The van der Waals surface area contributed by atoms with E-state index >= 15 is 0 Å². The number of hydrogen-bond donors (Lipinski definition) is 1. The topological polar surface area (TPSA) is 47.6 Å². The molecule has 0 unspecified atom stereocenters. The summed E-state index contributed by atoms with van der Waals surface area (Å²) in [6, 6.07) is 5.67. The van der Waals surface area contributed by atoms with Gasteiger partial charge < -0.3 is 14.6 Å². The molecule has 1 aromatic rings. The summed E-state index contributed by atoms with van der Waals surface area (Å²) in [5.74, 6) is -0.0559. The number of carbonyl (C=O) groups is 1. The van der Waals surface area contributed by atoms with Crippen molar-refractivity contribution in [3.8, 4) is 0 Å². The molecule has 1 heterocycles. The molecule has 120 valence electrons. The van der Waals surface area contributed by atoms with E-state index in [-0.39, 0.29) is 17.1 Å². The first kappa shape index (κ1) is 17.0. The summed E-state index contributed by atoms with van der Waals surface area (Å²) in [5, 5.41) is 2.90. The fourth-order valence-electron chi connectivity index (χ4n) is 2.35. The highest BCUT2D eigenvalue weighted by atomic mass is 16.7.